The Morgan fingerprint density at radius 3 is 2.65 bits per heavy atom. The van der Waals surface area contributed by atoms with Crippen molar-refractivity contribution in [1.82, 2.24) is 29.9 Å². The van der Waals surface area contributed by atoms with E-state index < -0.39 is 0 Å². The summed E-state index contributed by atoms with van der Waals surface area (Å²) in [7, 11) is 0. The predicted octanol–water partition coefficient (Wildman–Crippen LogP) is 3.34. The van der Waals surface area contributed by atoms with Gasteiger partial charge in [0.15, 0.2) is 5.65 Å². The van der Waals surface area contributed by atoms with Crippen LogP contribution in [0.15, 0.2) is 18.3 Å². The minimum absolute atomic E-state index is 0.122. The molecule has 3 heterocycles. The lowest BCUT2D eigenvalue weighted by Gasteiger charge is -2.16. The molecule has 1 atom stereocenters. The zero-order chi connectivity index (χ0) is 19.0. The summed E-state index contributed by atoms with van der Waals surface area (Å²) in [5, 5.41) is 12.8. The van der Waals surface area contributed by atoms with E-state index in [9.17, 15) is 4.79 Å². The number of rotatable bonds is 5. The van der Waals surface area contributed by atoms with E-state index >= 15 is 0 Å². The Bertz CT molecular complexity index is 952. The third-order valence-corrected chi connectivity index (χ3v) is 4.54. The number of nitrogens with zero attached hydrogens (tertiary/aromatic N) is 5. The van der Waals surface area contributed by atoms with Crippen LogP contribution < -0.4 is 5.32 Å². The van der Waals surface area contributed by atoms with Gasteiger partial charge in [-0.1, -0.05) is 0 Å². The summed E-state index contributed by atoms with van der Waals surface area (Å²) < 4.78 is 3.77. The first-order chi connectivity index (χ1) is 12.3. The molecule has 1 amide bonds. The van der Waals surface area contributed by atoms with Crippen LogP contribution in [0.4, 0.5) is 0 Å². The molecule has 0 saturated heterocycles. The molecule has 0 aromatic carbocycles. The molecule has 0 fully saturated rings. The highest BCUT2D eigenvalue weighted by molar-refractivity contribution is 6.06. The molecular formula is C19H26N6O. The molecule has 0 bridgehead atoms. The van der Waals surface area contributed by atoms with Crippen LogP contribution in [0.2, 0.25) is 0 Å². The maximum atomic E-state index is 13.0. The van der Waals surface area contributed by atoms with Crippen molar-refractivity contribution in [3.63, 3.8) is 0 Å². The molecule has 138 valence electrons. The average Bonchev–Trinajstić information content (AvgIpc) is 3.18. The number of amides is 1. The molecule has 7 heteroatoms. The van der Waals surface area contributed by atoms with Crippen LogP contribution in [0.3, 0.4) is 0 Å². The zero-order valence-corrected chi connectivity index (χ0v) is 16.2. The highest BCUT2D eigenvalue weighted by atomic mass is 16.1. The SMILES string of the molecule is CCn1nccc1[C@H](C)NC(=O)c1cc(C)nc2c1c(C)nn2C(C)C. The molecule has 7 nitrogen and oxygen atoms in total. The van der Waals surface area contributed by atoms with Crippen molar-refractivity contribution < 1.29 is 4.79 Å². The van der Waals surface area contributed by atoms with Crippen molar-refractivity contribution in [2.75, 3.05) is 0 Å². The van der Waals surface area contributed by atoms with Crippen molar-refractivity contribution in [2.45, 2.75) is 60.2 Å². The smallest absolute Gasteiger partial charge is 0.252 e. The highest BCUT2D eigenvalue weighted by Gasteiger charge is 2.22. The van der Waals surface area contributed by atoms with Gasteiger partial charge in [-0.2, -0.15) is 10.2 Å². The second-order valence-electron chi connectivity index (χ2n) is 6.90. The van der Waals surface area contributed by atoms with Crippen molar-refractivity contribution >= 4 is 16.9 Å². The number of carbonyl (C=O) groups is 1. The van der Waals surface area contributed by atoms with Gasteiger partial charge in [-0.25, -0.2) is 9.67 Å². The van der Waals surface area contributed by atoms with E-state index in [0.29, 0.717) is 5.56 Å². The summed E-state index contributed by atoms with van der Waals surface area (Å²) in [5.74, 6) is -0.122. The lowest BCUT2D eigenvalue weighted by molar-refractivity contribution is 0.0939. The van der Waals surface area contributed by atoms with E-state index in [1.54, 1.807) is 6.20 Å². The van der Waals surface area contributed by atoms with Gasteiger partial charge in [-0.05, 0) is 53.7 Å². The van der Waals surface area contributed by atoms with Gasteiger partial charge in [-0.15, -0.1) is 0 Å². The number of hydrogen-bond acceptors (Lipinski definition) is 4. The Morgan fingerprint density at radius 1 is 1.27 bits per heavy atom. The Hall–Kier alpha value is -2.70. The van der Waals surface area contributed by atoms with Crippen molar-refractivity contribution in [1.29, 1.82) is 0 Å². The standard InChI is InChI=1S/C19H26N6O/c1-7-24-16(8-9-20-24)13(5)22-19(26)15-10-12(4)21-18-17(15)14(6)23-25(18)11(2)3/h8-11,13H,7H2,1-6H3,(H,22,26)/t13-/m0/s1. The molecule has 0 radical (unpaired) electrons. The van der Waals surface area contributed by atoms with Crippen LogP contribution in [0.1, 0.15) is 67.2 Å². The van der Waals surface area contributed by atoms with Crippen molar-refractivity contribution in [3.05, 3.63) is 41.0 Å². The molecule has 0 aliphatic rings. The number of aryl methyl sites for hydroxylation is 3. The molecule has 0 saturated carbocycles. The largest absolute Gasteiger partial charge is 0.344 e. The van der Waals surface area contributed by atoms with Gasteiger partial charge in [0.25, 0.3) is 5.91 Å². The van der Waals surface area contributed by atoms with Crippen molar-refractivity contribution in [2.24, 2.45) is 0 Å². The lowest BCUT2D eigenvalue weighted by Crippen LogP contribution is -2.28. The summed E-state index contributed by atoms with van der Waals surface area (Å²) in [6.07, 6.45) is 1.76. The van der Waals surface area contributed by atoms with Crippen LogP contribution in [0.25, 0.3) is 11.0 Å². The number of fused-ring (bicyclic) bond motifs is 1. The van der Waals surface area contributed by atoms with Gasteiger partial charge in [0.05, 0.1) is 28.4 Å². The normalized spacial score (nSPS) is 12.7. The molecule has 3 rings (SSSR count). The van der Waals surface area contributed by atoms with E-state index in [-0.39, 0.29) is 18.0 Å². The van der Waals surface area contributed by atoms with E-state index in [2.05, 4.69) is 34.3 Å². The maximum Gasteiger partial charge on any atom is 0.252 e. The Morgan fingerprint density at radius 2 is 2.00 bits per heavy atom. The topological polar surface area (TPSA) is 77.6 Å². The number of nitrogens with one attached hydrogen (secondary N) is 1. The molecule has 3 aromatic heterocycles. The molecule has 0 unspecified atom stereocenters. The second-order valence-corrected chi connectivity index (χ2v) is 6.90. The summed E-state index contributed by atoms with van der Waals surface area (Å²) in [6, 6.07) is 3.80. The fourth-order valence-corrected chi connectivity index (χ4v) is 3.30. The minimum Gasteiger partial charge on any atom is -0.344 e. The van der Waals surface area contributed by atoms with Gasteiger partial charge in [0.2, 0.25) is 0 Å². The van der Waals surface area contributed by atoms with Crippen molar-refractivity contribution in [3.8, 4) is 0 Å². The summed E-state index contributed by atoms with van der Waals surface area (Å²) in [5.41, 5.74) is 3.98. The summed E-state index contributed by atoms with van der Waals surface area (Å²) in [6.45, 7) is 12.7. The summed E-state index contributed by atoms with van der Waals surface area (Å²) >= 11 is 0. The van der Waals surface area contributed by atoms with Gasteiger partial charge >= 0.3 is 0 Å². The number of carbonyl (C=O) groups excluding carboxylic acids is 1. The fourth-order valence-electron chi connectivity index (χ4n) is 3.30. The lowest BCUT2D eigenvalue weighted by atomic mass is 10.1. The number of aromatic nitrogens is 5. The quantitative estimate of drug-likeness (QED) is 0.762. The van der Waals surface area contributed by atoms with Gasteiger partial charge < -0.3 is 5.32 Å². The van der Waals surface area contributed by atoms with Crippen LogP contribution in [0.5, 0.6) is 0 Å². The number of hydrogen-bond donors (Lipinski definition) is 1. The second kappa shape index (κ2) is 6.90. The minimum atomic E-state index is -0.145. The third-order valence-electron chi connectivity index (χ3n) is 4.54. The van der Waals surface area contributed by atoms with Gasteiger partial charge in [0.1, 0.15) is 0 Å². The monoisotopic (exact) mass is 354 g/mol. The zero-order valence-electron chi connectivity index (χ0n) is 16.2. The van der Waals surface area contributed by atoms with Gasteiger partial charge in [0, 0.05) is 24.5 Å². The first kappa shape index (κ1) is 18.1. The summed E-state index contributed by atoms with van der Waals surface area (Å²) in [4.78, 5) is 17.7. The third kappa shape index (κ3) is 3.09. The molecule has 0 aliphatic heterocycles. The molecular weight excluding hydrogens is 328 g/mol. The maximum absolute atomic E-state index is 13.0. The fraction of sp³-hybridized carbons (Fsp3) is 0.474. The molecule has 0 aliphatic carbocycles. The molecule has 3 aromatic rings. The highest BCUT2D eigenvalue weighted by Crippen LogP contribution is 2.25. The molecule has 26 heavy (non-hydrogen) atoms. The number of pyridine rings is 1. The molecule has 1 N–H and O–H groups in total. The predicted molar refractivity (Wildman–Crippen MR) is 101 cm³/mol. The Labute approximate surface area is 153 Å². The van der Waals surface area contributed by atoms with E-state index in [1.165, 1.54) is 0 Å². The van der Waals surface area contributed by atoms with Gasteiger partial charge in [-0.3, -0.25) is 9.48 Å². The Kier molecular flexibility index (Phi) is 4.80. The van der Waals surface area contributed by atoms with Crippen LogP contribution >= 0.6 is 0 Å². The first-order valence-electron chi connectivity index (χ1n) is 9.02. The van der Waals surface area contributed by atoms with E-state index in [0.717, 1.165) is 34.7 Å². The van der Waals surface area contributed by atoms with Crippen LogP contribution in [-0.2, 0) is 6.54 Å². The van der Waals surface area contributed by atoms with Crippen LogP contribution in [0, 0.1) is 13.8 Å². The van der Waals surface area contributed by atoms with Crippen LogP contribution in [-0.4, -0.2) is 30.5 Å². The molecule has 0 spiro atoms. The average molecular weight is 354 g/mol. The van der Waals surface area contributed by atoms with E-state index in [4.69, 9.17) is 0 Å². The van der Waals surface area contributed by atoms with E-state index in [1.807, 2.05) is 49.2 Å². The Balaban J connectivity index is 2.01. The first-order valence-corrected chi connectivity index (χ1v) is 9.02.